The molecule has 0 aliphatic heterocycles. The molecular formula is C15H23NO3. The van der Waals surface area contributed by atoms with Gasteiger partial charge in [0.05, 0.1) is 14.2 Å². The quantitative estimate of drug-likeness (QED) is 0.801. The standard InChI is InChI=1S/C15H23NO3/c1-10(2)12-6-5-11(14(9-12)18-3)7-8-13(16)15(17)19-4/h5-6,9-10,13H,7-8,16H2,1-4H3. The number of carbonyl (C=O) groups excluding carboxylic acids is 1. The average molecular weight is 265 g/mol. The number of esters is 1. The van der Waals surface area contributed by atoms with Gasteiger partial charge in [-0.2, -0.15) is 0 Å². The van der Waals surface area contributed by atoms with E-state index in [-0.39, 0.29) is 5.97 Å². The van der Waals surface area contributed by atoms with Crippen molar-refractivity contribution in [2.75, 3.05) is 14.2 Å². The molecule has 4 heteroatoms. The van der Waals surface area contributed by atoms with Crippen molar-refractivity contribution in [3.05, 3.63) is 29.3 Å². The van der Waals surface area contributed by atoms with Crippen molar-refractivity contribution in [3.63, 3.8) is 0 Å². The first-order valence-electron chi connectivity index (χ1n) is 6.49. The smallest absolute Gasteiger partial charge is 0.322 e. The number of nitrogens with two attached hydrogens (primary N) is 1. The van der Waals surface area contributed by atoms with Gasteiger partial charge in [-0.1, -0.05) is 26.0 Å². The summed E-state index contributed by atoms with van der Waals surface area (Å²) in [6.07, 6.45) is 1.24. The third-order valence-corrected chi connectivity index (χ3v) is 3.21. The Bertz CT molecular complexity index is 429. The maximum Gasteiger partial charge on any atom is 0.322 e. The lowest BCUT2D eigenvalue weighted by Gasteiger charge is -2.14. The molecule has 0 aromatic heterocycles. The Labute approximate surface area is 114 Å². The van der Waals surface area contributed by atoms with Crippen molar-refractivity contribution in [2.45, 2.75) is 38.6 Å². The second kappa shape index (κ2) is 7.14. The molecular weight excluding hydrogens is 242 g/mol. The highest BCUT2D eigenvalue weighted by Gasteiger charge is 2.15. The molecule has 1 aromatic rings. The van der Waals surface area contributed by atoms with Crippen molar-refractivity contribution in [1.29, 1.82) is 0 Å². The number of ether oxygens (including phenoxy) is 2. The van der Waals surface area contributed by atoms with Crippen molar-refractivity contribution in [1.82, 2.24) is 0 Å². The van der Waals surface area contributed by atoms with Gasteiger partial charge in [-0.3, -0.25) is 4.79 Å². The van der Waals surface area contributed by atoms with Gasteiger partial charge in [0, 0.05) is 0 Å². The molecule has 19 heavy (non-hydrogen) atoms. The average Bonchev–Trinajstić information content (AvgIpc) is 2.43. The van der Waals surface area contributed by atoms with Crippen LogP contribution in [0, 0.1) is 0 Å². The summed E-state index contributed by atoms with van der Waals surface area (Å²) < 4.78 is 10.0. The largest absolute Gasteiger partial charge is 0.496 e. The Hall–Kier alpha value is -1.55. The van der Waals surface area contributed by atoms with Gasteiger partial charge in [0.1, 0.15) is 11.8 Å². The summed E-state index contributed by atoms with van der Waals surface area (Å²) in [6.45, 7) is 4.28. The minimum Gasteiger partial charge on any atom is -0.496 e. The zero-order valence-corrected chi connectivity index (χ0v) is 12.1. The van der Waals surface area contributed by atoms with Crippen LogP contribution in [0.15, 0.2) is 18.2 Å². The first-order valence-corrected chi connectivity index (χ1v) is 6.49. The molecule has 0 fully saturated rings. The maximum absolute atomic E-state index is 11.3. The predicted molar refractivity (Wildman–Crippen MR) is 75.4 cm³/mol. The number of aryl methyl sites for hydroxylation is 1. The highest BCUT2D eigenvalue weighted by atomic mass is 16.5. The van der Waals surface area contributed by atoms with Crippen LogP contribution in [-0.4, -0.2) is 26.2 Å². The lowest BCUT2D eigenvalue weighted by atomic mass is 9.98. The van der Waals surface area contributed by atoms with Crippen molar-refractivity contribution in [2.24, 2.45) is 5.73 Å². The van der Waals surface area contributed by atoms with Crippen molar-refractivity contribution < 1.29 is 14.3 Å². The van der Waals surface area contributed by atoms with E-state index >= 15 is 0 Å². The van der Waals surface area contributed by atoms with E-state index in [2.05, 4.69) is 24.7 Å². The number of rotatable bonds is 6. The highest BCUT2D eigenvalue weighted by molar-refractivity contribution is 5.75. The zero-order chi connectivity index (χ0) is 14.4. The molecule has 2 N–H and O–H groups in total. The van der Waals surface area contributed by atoms with Gasteiger partial charge < -0.3 is 15.2 Å². The fraction of sp³-hybridized carbons (Fsp3) is 0.533. The molecule has 1 rings (SSSR count). The van der Waals surface area contributed by atoms with E-state index in [1.54, 1.807) is 7.11 Å². The van der Waals surface area contributed by atoms with E-state index in [0.29, 0.717) is 18.8 Å². The van der Waals surface area contributed by atoms with Gasteiger partial charge >= 0.3 is 5.97 Å². The van der Waals surface area contributed by atoms with Crippen LogP contribution in [0.25, 0.3) is 0 Å². The van der Waals surface area contributed by atoms with Gasteiger partial charge in [-0.05, 0) is 36.0 Å². The Kier molecular flexibility index (Phi) is 5.83. The number of benzene rings is 1. The molecule has 0 radical (unpaired) electrons. The number of methoxy groups -OCH3 is 2. The summed E-state index contributed by atoms with van der Waals surface area (Å²) in [5, 5.41) is 0. The summed E-state index contributed by atoms with van der Waals surface area (Å²) in [5.74, 6) is 0.932. The minimum absolute atomic E-state index is 0.377. The highest BCUT2D eigenvalue weighted by Crippen LogP contribution is 2.25. The fourth-order valence-electron chi connectivity index (χ4n) is 1.91. The molecule has 106 valence electrons. The summed E-state index contributed by atoms with van der Waals surface area (Å²) >= 11 is 0. The summed E-state index contributed by atoms with van der Waals surface area (Å²) in [4.78, 5) is 11.3. The summed E-state index contributed by atoms with van der Waals surface area (Å²) in [7, 11) is 3.00. The molecule has 0 amide bonds. The van der Waals surface area contributed by atoms with Crippen LogP contribution in [0.4, 0.5) is 0 Å². The van der Waals surface area contributed by atoms with Crippen LogP contribution < -0.4 is 10.5 Å². The molecule has 0 saturated carbocycles. The van der Waals surface area contributed by atoms with E-state index in [4.69, 9.17) is 10.5 Å². The minimum atomic E-state index is -0.584. The molecule has 0 spiro atoms. The summed E-state index contributed by atoms with van der Waals surface area (Å²) in [6, 6.07) is 5.59. The van der Waals surface area contributed by atoms with Crippen molar-refractivity contribution in [3.8, 4) is 5.75 Å². The van der Waals surface area contributed by atoms with E-state index in [1.807, 2.05) is 12.1 Å². The molecule has 1 atom stereocenters. The molecule has 1 unspecified atom stereocenters. The van der Waals surface area contributed by atoms with E-state index in [1.165, 1.54) is 12.7 Å². The number of carbonyl (C=O) groups is 1. The molecule has 1 aromatic carbocycles. The zero-order valence-electron chi connectivity index (χ0n) is 12.1. The van der Waals surface area contributed by atoms with Crippen molar-refractivity contribution >= 4 is 5.97 Å². The van der Waals surface area contributed by atoms with Gasteiger partial charge in [0.2, 0.25) is 0 Å². The second-order valence-electron chi connectivity index (χ2n) is 4.89. The van der Waals surface area contributed by atoms with Crippen LogP contribution in [0.5, 0.6) is 5.75 Å². The van der Waals surface area contributed by atoms with Crippen LogP contribution in [0.3, 0.4) is 0 Å². The first-order chi connectivity index (χ1) is 8.99. The number of hydrogen-bond acceptors (Lipinski definition) is 4. The molecule has 0 aliphatic carbocycles. The van der Waals surface area contributed by atoms with Crippen LogP contribution in [-0.2, 0) is 16.0 Å². The van der Waals surface area contributed by atoms with Gasteiger partial charge in [0.25, 0.3) is 0 Å². The fourth-order valence-corrected chi connectivity index (χ4v) is 1.91. The monoisotopic (exact) mass is 265 g/mol. The van der Waals surface area contributed by atoms with Gasteiger partial charge in [-0.15, -0.1) is 0 Å². The molecule has 0 saturated heterocycles. The van der Waals surface area contributed by atoms with Crippen LogP contribution in [0.2, 0.25) is 0 Å². The van der Waals surface area contributed by atoms with Gasteiger partial charge in [0.15, 0.2) is 0 Å². The lowest BCUT2D eigenvalue weighted by molar-refractivity contribution is -0.142. The topological polar surface area (TPSA) is 61.5 Å². The van der Waals surface area contributed by atoms with E-state index < -0.39 is 6.04 Å². The van der Waals surface area contributed by atoms with Crippen LogP contribution >= 0.6 is 0 Å². The normalized spacial score (nSPS) is 12.3. The Morgan fingerprint density at radius 2 is 2.00 bits per heavy atom. The second-order valence-corrected chi connectivity index (χ2v) is 4.89. The van der Waals surface area contributed by atoms with E-state index in [9.17, 15) is 4.79 Å². The molecule has 0 aliphatic rings. The lowest BCUT2D eigenvalue weighted by Crippen LogP contribution is -2.31. The third kappa shape index (κ3) is 4.24. The third-order valence-electron chi connectivity index (χ3n) is 3.21. The maximum atomic E-state index is 11.3. The van der Waals surface area contributed by atoms with Crippen LogP contribution in [0.1, 0.15) is 37.3 Å². The molecule has 4 nitrogen and oxygen atoms in total. The Morgan fingerprint density at radius 3 is 2.53 bits per heavy atom. The Balaban J connectivity index is 2.76. The molecule has 0 bridgehead atoms. The number of hydrogen-bond donors (Lipinski definition) is 1. The Morgan fingerprint density at radius 1 is 1.32 bits per heavy atom. The van der Waals surface area contributed by atoms with Gasteiger partial charge in [-0.25, -0.2) is 0 Å². The predicted octanol–water partition coefficient (Wildman–Crippen LogP) is 2.25. The molecule has 0 heterocycles. The first kappa shape index (κ1) is 15.5. The summed E-state index contributed by atoms with van der Waals surface area (Å²) in [5.41, 5.74) is 8.03. The van der Waals surface area contributed by atoms with E-state index in [0.717, 1.165) is 11.3 Å². The SMILES string of the molecule is COC(=O)C(N)CCc1ccc(C(C)C)cc1OC.